The highest BCUT2D eigenvalue weighted by Gasteiger charge is 2.22. The lowest BCUT2D eigenvalue weighted by atomic mass is 10.1. The molecule has 0 amide bonds. The minimum Gasteiger partial charge on any atom is -0.389 e. The molecular formula is C14H21NO2. The van der Waals surface area contributed by atoms with Crippen LogP contribution in [0.4, 0.5) is 5.69 Å². The molecule has 0 radical (unpaired) electrons. The summed E-state index contributed by atoms with van der Waals surface area (Å²) < 4.78 is 5.72. The van der Waals surface area contributed by atoms with Crippen LogP contribution < -0.4 is 4.90 Å². The van der Waals surface area contributed by atoms with Crippen LogP contribution >= 0.6 is 0 Å². The summed E-state index contributed by atoms with van der Waals surface area (Å²) in [4.78, 5) is 2.34. The van der Waals surface area contributed by atoms with Gasteiger partial charge >= 0.3 is 0 Å². The Kier molecular flexibility index (Phi) is 3.69. The fraction of sp³-hybridized carbons (Fsp3) is 0.571. The van der Waals surface area contributed by atoms with Gasteiger partial charge in [-0.25, -0.2) is 0 Å². The van der Waals surface area contributed by atoms with Gasteiger partial charge < -0.3 is 14.7 Å². The third-order valence-electron chi connectivity index (χ3n) is 3.16. The van der Waals surface area contributed by atoms with Gasteiger partial charge in [0.1, 0.15) is 0 Å². The van der Waals surface area contributed by atoms with Gasteiger partial charge in [0.15, 0.2) is 0 Å². The molecule has 0 saturated carbocycles. The molecule has 0 bridgehead atoms. The van der Waals surface area contributed by atoms with Gasteiger partial charge in [-0.05, 0) is 38.5 Å². The molecule has 3 atom stereocenters. The largest absolute Gasteiger partial charge is 0.389 e. The molecule has 1 saturated heterocycles. The number of hydrogen-bond donors (Lipinski definition) is 1. The number of benzene rings is 1. The van der Waals surface area contributed by atoms with Crippen LogP contribution in [-0.4, -0.2) is 30.4 Å². The van der Waals surface area contributed by atoms with E-state index in [1.807, 2.05) is 12.1 Å². The lowest BCUT2D eigenvalue weighted by Gasteiger charge is -2.37. The fourth-order valence-corrected chi connectivity index (χ4v) is 2.35. The average molecular weight is 235 g/mol. The number of hydrogen-bond acceptors (Lipinski definition) is 3. The van der Waals surface area contributed by atoms with Gasteiger partial charge in [-0.15, -0.1) is 0 Å². The van der Waals surface area contributed by atoms with Gasteiger partial charge in [0, 0.05) is 18.8 Å². The first-order valence-corrected chi connectivity index (χ1v) is 6.24. The molecule has 1 N–H and O–H groups in total. The summed E-state index contributed by atoms with van der Waals surface area (Å²) in [7, 11) is 0. The zero-order valence-electron chi connectivity index (χ0n) is 10.8. The van der Waals surface area contributed by atoms with Gasteiger partial charge in [0.2, 0.25) is 0 Å². The molecule has 0 aliphatic carbocycles. The van der Waals surface area contributed by atoms with E-state index in [1.165, 1.54) is 5.69 Å². The van der Waals surface area contributed by atoms with Gasteiger partial charge in [0.25, 0.3) is 0 Å². The molecule has 1 aliphatic heterocycles. The molecule has 3 nitrogen and oxygen atoms in total. The quantitative estimate of drug-likeness (QED) is 0.854. The Hall–Kier alpha value is -1.06. The van der Waals surface area contributed by atoms with Crippen molar-refractivity contribution in [2.75, 3.05) is 18.0 Å². The molecule has 1 heterocycles. The van der Waals surface area contributed by atoms with E-state index in [0.717, 1.165) is 18.7 Å². The highest BCUT2D eigenvalue weighted by Crippen LogP contribution is 2.22. The highest BCUT2D eigenvalue weighted by molar-refractivity contribution is 5.48. The zero-order valence-corrected chi connectivity index (χ0v) is 10.8. The van der Waals surface area contributed by atoms with E-state index >= 15 is 0 Å². The molecule has 2 rings (SSSR count). The van der Waals surface area contributed by atoms with E-state index in [2.05, 4.69) is 30.9 Å². The molecule has 1 aromatic carbocycles. The molecule has 0 spiro atoms. The zero-order chi connectivity index (χ0) is 12.4. The SMILES string of the molecule is CC(O)c1ccc(N2C[C@@H](C)O[C@@H](C)C2)cc1. The molecule has 1 unspecified atom stereocenters. The topological polar surface area (TPSA) is 32.7 Å². The number of morpholine rings is 1. The normalized spacial score (nSPS) is 26.9. The third-order valence-corrected chi connectivity index (χ3v) is 3.16. The molecule has 1 fully saturated rings. The van der Waals surface area contributed by atoms with E-state index in [9.17, 15) is 5.11 Å². The summed E-state index contributed by atoms with van der Waals surface area (Å²) in [6.07, 6.45) is 0.150. The van der Waals surface area contributed by atoms with Gasteiger partial charge in [-0.2, -0.15) is 0 Å². The molecule has 3 heteroatoms. The minimum absolute atomic E-state index is 0.273. The lowest BCUT2D eigenvalue weighted by Crippen LogP contribution is -2.45. The molecule has 17 heavy (non-hydrogen) atoms. The second kappa shape index (κ2) is 5.07. The van der Waals surface area contributed by atoms with Crippen molar-refractivity contribution in [3.8, 4) is 0 Å². The first-order chi connectivity index (χ1) is 8.06. The Balaban J connectivity index is 2.11. The molecule has 1 aliphatic rings. The average Bonchev–Trinajstić information content (AvgIpc) is 2.28. The summed E-state index contributed by atoms with van der Waals surface area (Å²) in [5.74, 6) is 0. The number of rotatable bonds is 2. The maximum absolute atomic E-state index is 9.48. The lowest BCUT2D eigenvalue weighted by molar-refractivity contribution is -0.00522. The summed E-state index contributed by atoms with van der Waals surface area (Å²) in [6.45, 7) is 7.85. The predicted molar refractivity (Wildman–Crippen MR) is 69.3 cm³/mol. The number of ether oxygens (including phenoxy) is 1. The van der Waals surface area contributed by atoms with Crippen LogP contribution in [0.1, 0.15) is 32.4 Å². The standard InChI is InChI=1S/C14H21NO2/c1-10-8-15(9-11(2)17-10)14-6-4-13(5-7-14)12(3)16/h4-7,10-12,16H,8-9H2,1-3H3/t10-,11+,12?. The van der Waals surface area contributed by atoms with E-state index < -0.39 is 6.10 Å². The van der Waals surface area contributed by atoms with Crippen molar-refractivity contribution in [2.24, 2.45) is 0 Å². The maximum atomic E-state index is 9.48. The van der Waals surface area contributed by atoms with E-state index in [0.29, 0.717) is 0 Å². The maximum Gasteiger partial charge on any atom is 0.0761 e. The second-order valence-electron chi connectivity index (χ2n) is 4.93. The minimum atomic E-state index is -0.397. The number of anilines is 1. The van der Waals surface area contributed by atoms with E-state index in [1.54, 1.807) is 6.92 Å². The Morgan fingerprint density at radius 1 is 1.18 bits per heavy atom. The summed E-state index contributed by atoms with van der Waals surface area (Å²) in [5.41, 5.74) is 2.17. The van der Waals surface area contributed by atoms with Crippen molar-refractivity contribution in [3.05, 3.63) is 29.8 Å². The van der Waals surface area contributed by atoms with Crippen molar-refractivity contribution in [1.29, 1.82) is 0 Å². The van der Waals surface area contributed by atoms with E-state index in [-0.39, 0.29) is 12.2 Å². The molecule has 1 aromatic rings. The molecular weight excluding hydrogens is 214 g/mol. The third kappa shape index (κ3) is 2.99. The fourth-order valence-electron chi connectivity index (χ4n) is 2.35. The first-order valence-electron chi connectivity index (χ1n) is 6.24. The first kappa shape index (κ1) is 12.4. The Morgan fingerprint density at radius 3 is 2.18 bits per heavy atom. The van der Waals surface area contributed by atoms with Crippen LogP contribution in [0.3, 0.4) is 0 Å². The summed E-state index contributed by atoms with van der Waals surface area (Å²) >= 11 is 0. The number of aliphatic hydroxyl groups is 1. The summed E-state index contributed by atoms with van der Waals surface area (Å²) in [5, 5.41) is 9.48. The van der Waals surface area contributed by atoms with Crippen LogP contribution in [0.15, 0.2) is 24.3 Å². The van der Waals surface area contributed by atoms with Crippen molar-refractivity contribution in [1.82, 2.24) is 0 Å². The van der Waals surface area contributed by atoms with Crippen molar-refractivity contribution in [2.45, 2.75) is 39.1 Å². The van der Waals surface area contributed by atoms with Gasteiger partial charge in [-0.1, -0.05) is 12.1 Å². The highest BCUT2D eigenvalue weighted by atomic mass is 16.5. The Labute approximate surface area is 103 Å². The van der Waals surface area contributed by atoms with E-state index in [4.69, 9.17) is 4.74 Å². The van der Waals surface area contributed by atoms with Crippen molar-refractivity contribution >= 4 is 5.69 Å². The van der Waals surface area contributed by atoms with Crippen molar-refractivity contribution in [3.63, 3.8) is 0 Å². The smallest absolute Gasteiger partial charge is 0.0761 e. The van der Waals surface area contributed by atoms with Crippen LogP contribution in [0.5, 0.6) is 0 Å². The Morgan fingerprint density at radius 2 is 1.71 bits per heavy atom. The van der Waals surface area contributed by atoms with Gasteiger partial charge in [-0.3, -0.25) is 0 Å². The van der Waals surface area contributed by atoms with Crippen LogP contribution in [0, 0.1) is 0 Å². The van der Waals surface area contributed by atoms with Crippen molar-refractivity contribution < 1.29 is 9.84 Å². The molecule has 94 valence electrons. The monoisotopic (exact) mass is 235 g/mol. The number of nitrogens with zero attached hydrogens (tertiary/aromatic N) is 1. The number of aliphatic hydroxyl groups excluding tert-OH is 1. The Bertz CT molecular complexity index is 351. The predicted octanol–water partition coefficient (Wildman–Crippen LogP) is 2.35. The summed E-state index contributed by atoms with van der Waals surface area (Å²) in [6, 6.07) is 8.13. The van der Waals surface area contributed by atoms with Gasteiger partial charge in [0.05, 0.1) is 18.3 Å². The van der Waals surface area contributed by atoms with Crippen LogP contribution in [0.2, 0.25) is 0 Å². The van der Waals surface area contributed by atoms with Crippen LogP contribution in [0.25, 0.3) is 0 Å². The molecule has 0 aromatic heterocycles. The van der Waals surface area contributed by atoms with Crippen LogP contribution in [-0.2, 0) is 4.74 Å². The second-order valence-corrected chi connectivity index (χ2v) is 4.93.